The fourth-order valence-electron chi connectivity index (χ4n) is 2.96. The van der Waals surface area contributed by atoms with E-state index in [1.807, 2.05) is 6.07 Å². The number of imidazole rings is 1. The number of rotatable bonds is 5. The molecule has 2 heterocycles. The molecule has 0 aliphatic heterocycles. The Hall–Kier alpha value is -1.62. The van der Waals surface area contributed by atoms with Gasteiger partial charge in [-0.25, -0.2) is 4.98 Å². The van der Waals surface area contributed by atoms with Gasteiger partial charge in [0.2, 0.25) is 5.91 Å². The molecule has 0 atom stereocenters. The van der Waals surface area contributed by atoms with E-state index < -0.39 is 0 Å². The van der Waals surface area contributed by atoms with Gasteiger partial charge in [-0.3, -0.25) is 4.79 Å². The van der Waals surface area contributed by atoms with Crippen molar-refractivity contribution in [1.29, 1.82) is 0 Å². The van der Waals surface area contributed by atoms with Gasteiger partial charge in [0.25, 0.3) is 0 Å². The van der Waals surface area contributed by atoms with Gasteiger partial charge in [-0.05, 0) is 24.3 Å². The van der Waals surface area contributed by atoms with Gasteiger partial charge < -0.3 is 10.3 Å². The molecular weight excluding hydrogens is 282 g/mol. The molecule has 0 spiro atoms. The molecule has 5 heteroatoms. The van der Waals surface area contributed by atoms with Gasteiger partial charge in [0.1, 0.15) is 5.69 Å². The number of amides is 1. The SMILES string of the molecule is O=C(NCCc1[nH]cnc1-c1cccs1)C1CCCCC1. The molecule has 0 aromatic carbocycles. The molecule has 21 heavy (non-hydrogen) atoms. The Balaban J connectivity index is 1.52. The standard InChI is InChI=1S/C16H21N3OS/c20-16(12-5-2-1-3-6-12)17-9-8-13-15(19-11-18-13)14-7-4-10-21-14/h4,7,10-12H,1-3,5-6,8-9H2,(H,17,20)(H,18,19). The number of nitrogens with zero attached hydrogens (tertiary/aromatic N) is 1. The summed E-state index contributed by atoms with van der Waals surface area (Å²) in [5.74, 6) is 0.462. The molecule has 2 aromatic heterocycles. The summed E-state index contributed by atoms with van der Waals surface area (Å²) in [6, 6.07) is 4.11. The first-order chi connectivity index (χ1) is 10.3. The Morgan fingerprint density at radius 3 is 3.00 bits per heavy atom. The van der Waals surface area contributed by atoms with Crippen LogP contribution in [-0.2, 0) is 11.2 Å². The van der Waals surface area contributed by atoms with E-state index in [9.17, 15) is 4.79 Å². The normalized spacial score (nSPS) is 16.0. The number of aromatic nitrogens is 2. The van der Waals surface area contributed by atoms with Crippen LogP contribution in [-0.4, -0.2) is 22.4 Å². The summed E-state index contributed by atoms with van der Waals surface area (Å²) in [6.07, 6.45) is 8.30. The van der Waals surface area contributed by atoms with Gasteiger partial charge in [-0.2, -0.15) is 0 Å². The summed E-state index contributed by atoms with van der Waals surface area (Å²) in [5, 5.41) is 5.13. The smallest absolute Gasteiger partial charge is 0.223 e. The summed E-state index contributed by atoms with van der Waals surface area (Å²) in [7, 11) is 0. The predicted molar refractivity (Wildman–Crippen MR) is 85.2 cm³/mol. The van der Waals surface area contributed by atoms with Crippen molar-refractivity contribution >= 4 is 17.2 Å². The maximum atomic E-state index is 12.1. The van der Waals surface area contributed by atoms with Crippen molar-refractivity contribution in [2.45, 2.75) is 38.5 Å². The molecule has 0 unspecified atom stereocenters. The second-order valence-electron chi connectivity index (χ2n) is 5.58. The third-order valence-corrected chi connectivity index (χ3v) is 5.00. The minimum Gasteiger partial charge on any atom is -0.355 e. The van der Waals surface area contributed by atoms with E-state index in [1.165, 1.54) is 24.1 Å². The van der Waals surface area contributed by atoms with Crippen molar-refractivity contribution in [2.24, 2.45) is 5.92 Å². The van der Waals surface area contributed by atoms with Crippen molar-refractivity contribution in [1.82, 2.24) is 15.3 Å². The number of hydrogen-bond donors (Lipinski definition) is 2. The summed E-state index contributed by atoms with van der Waals surface area (Å²) in [6.45, 7) is 0.676. The van der Waals surface area contributed by atoms with Gasteiger partial charge in [0.05, 0.1) is 11.2 Å². The highest BCUT2D eigenvalue weighted by Crippen LogP contribution is 2.26. The largest absolute Gasteiger partial charge is 0.355 e. The molecule has 1 saturated carbocycles. The molecule has 0 saturated heterocycles. The first-order valence-corrected chi connectivity index (χ1v) is 8.56. The van der Waals surface area contributed by atoms with E-state index in [2.05, 4.69) is 26.7 Å². The fraction of sp³-hybridized carbons (Fsp3) is 0.500. The minimum absolute atomic E-state index is 0.229. The van der Waals surface area contributed by atoms with E-state index in [4.69, 9.17) is 0 Å². The van der Waals surface area contributed by atoms with Crippen molar-refractivity contribution in [3.63, 3.8) is 0 Å². The Labute approximate surface area is 129 Å². The Kier molecular flexibility index (Phi) is 4.70. The highest BCUT2D eigenvalue weighted by molar-refractivity contribution is 7.13. The Morgan fingerprint density at radius 2 is 2.24 bits per heavy atom. The summed E-state index contributed by atoms with van der Waals surface area (Å²) in [5.41, 5.74) is 2.11. The molecule has 1 fully saturated rings. The van der Waals surface area contributed by atoms with Gasteiger partial charge >= 0.3 is 0 Å². The lowest BCUT2D eigenvalue weighted by molar-refractivity contribution is -0.125. The van der Waals surface area contributed by atoms with Crippen LogP contribution < -0.4 is 5.32 Å². The average Bonchev–Trinajstić information content (AvgIpc) is 3.18. The lowest BCUT2D eigenvalue weighted by Crippen LogP contribution is -2.33. The van der Waals surface area contributed by atoms with Crippen LogP contribution >= 0.6 is 11.3 Å². The van der Waals surface area contributed by atoms with Gasteiger partial charge in [-0.1, -0.05) is 25.3 Å². The molecule has 2 aromatic rings. The Morgan fingerprint density at radius 1 is 1.38 bits per heavy atom. The first kappa shape index (κ1) is 14.3. The van der Waals surface area contributed by atoms with E-state index in [1.54, 1.807) is 17.7 Å². The molecule has 1 amide bonds. The molecule has 0 bridgehead atoms. The molecule has 4 nitrogen and oxygen atoms in total. The van der Waals surface area contributed by atoms with E-state index in [0.29, 0.717) is 6.54 Å². The highest BCUT2D eigenvalue weighted by atomic mass is 32.1. The predicted octanol–water partition coefficient (Wildman–Crippen LogP) is 3.38. The summed E-state index contributed by atoms with van der Waals surface area (Å²) in [4.78, 5) is 20.9. The van der Waals surface area contributed by atoms with Crippen LogP contribution in [0.15, 0.2) is 23.8 Å². The molecular formula is C16H21N3OS. The first-order valence-electron chi connectivity index (χ1n) is 7.68. The molecule has 1 aliphatic rings. The molecule has 3 rings (SSSR count). The van der Waals surface area contributed by atoms with Crippen LogP contribution in [0.4, 0.5) is 0 Å². The third kappa shape index (κ3) is 3.53. The number of H-pyrrole nitrogens is 1. The lowest BCUT2D eigenvalue weighted by Gasteiger charge is -2.20. The number of carbonyl (C=O) groups excluding carboxylic acids is 1. The third-order valence-electron chi connectivity index (χ3n) is 4.12. The second-order valence-corrected chi connectivity index (χ2v) is 6.53. The molecule has 2 N–H and O–H groups in total. The maximum absolute atomic E-state index is 12.1. The zero-order chi connectivity index (χ0) is 14.5. The minimum atomic E-state index is 0.229. The summed E-state index contributed by atoms with van der Waals surface area (Å²) >= 11 is 1.69. The van der Waals surface area contributed by atoms with Crippen LogP contribution in [0.1, 0.15) is 37.8 Å². The zero-order valence-electron chi connectivity index (χ0n) is 12.1. The van der Waals surface area contributed by atoms with E-state index in [0.717, 1.165) is 30.7 Å². The van der Waals surface area contributed by atoms with Crippen molar-refractivity contribution in [3.05, 3.63) is 29.5 Å². The topological polar surface area (TPSA) is 57.8 Å². The van der Waals surface area contributed by atoms with Crippen molar-refractivity contribution in [3.8, 4) is 10.6 Å². The van der Waals surface area contributed by atoms with Crippen molar-refractivity contribution < 1.29 is 4.79 Å². The van der Waals surface area contributed by atoms with Crippen LogP contribution in [0.5, 0.6) is 0 Å². The average molecular weight is 303 g/mol. The molecule has 112 valence electrons. The maximum Gasteiger partial charge on any atom is 0.223 e. The number of thiophene rings is 1. The van der Waals surface area contributed by atoms with Gasteiger partial charge in [0, 0.05) is 24.6 Å². The lowest BCUT2D eigenvalue weighted by atomic mass is 9.89. The monoisotopic (exact) mass is 303 g/mol. The quantitative estimate of drug-likeness (QED) is 0.889. The van der Waals surface area contributed by atoms with E-state index >= 15 is 0 Å². The number of nitrogens with one attached hydrogen (secondary N) is 2. The summed E-state index contributed by atoms with van der Waals surface area (Å²) < 4.78 is 0. The van der Waals surface area contributed by atoms with Crippen LogP contribution in [0.2, 0.25) is 0 Å². The van der Waals surface area contributed by atoms with Crippen LogP contribution in [0.3, 0.4) is 0 Å². The molecule has 1 aliphatic carbocycles. The zero-order valence-corrected chi connectivity index (χ0v) is 12.9. The fourth-order valence-corrected chi connectivity index (χ4v) is 3.71. The van der Waals surface area contributed by atoms with Crippen LogP contribution in [0, 0.1) is 5.92 Å². The van der Waals surface area contributed by atoms with Gasteiger partial charge in [0.15, 0.2) is 0 Å². The number of hydrogen-bond acceptors (Lipinski definition) is 3. The Bertz CT molecular complexity index is 570. The van der Waals surface area contributed by atoms with E-state index in [-0.39, 0.29) is 11.8 Å². The number of aromatic amines is 1. The van der Waals surface area contributed by atoms with Crippen LogP contribution in [0.25, 0.3) is 10.6 Å². The van der Waals surface area contributed by atoms with Crippen molar-refractivity contribution in [2.75, 3.05) is 6.54 Å². The number of carbonyl (C=O) groups is 1. The highest BCUT2D eigenvalue weighted by Gasteiger charge is 2.20. The van der Waals surface area contributed by atoms with Gasteiger partial charge in [-0.15, -0.1) is 11.3 Å². The second kappa shape index (κ2) is 6.89. The molecule has 0 radical (unpaired) electrons.